The van der Waals surface area contributed by atoms with Crippen LogP contribution < -0.4 is 5.73 Å². The maximum atomic E-state index is 5.78. The van der Waals surface area contributed by atoms with Crippen molar-refractivity contribution in [2.75, 3.05) is 13.1 Å². The van der Waals surface area contributed by atoms with E-state index < -0.39 is 0 Å². The molecule has 0 aromatic heterocycles. The maximum absolute atomic E-state index is 5.78. The summed E-state index contributed by atoms with van der Waals surface area (Å²) in [6, 6.07) is 1.17. The zero-order valence-electron chi connectivity index (χ0n) is 7.01. The van der Waals surface area contributed by atoms with E-state index in [4.69, 9.17) is 5.73 Å². The fourth-order valence-corrected chi connectivity index (χ4v) is 1.47. The SMILES string of the molecule is CC[C@H](C)N1CC[C@H](N)C1. The van der Waals surface area contributed by atoms with E-state index in [-0.39, 0.29) is 0 Å². The maximum Gasteiger partial charge on any atom is 0.0180 e. The lowest BCUT2D eigenvalue weighted by atomic mass is 10.2. The predicted molar refractivity (Wildman–Crippen MR) is 43.9 cm³/mol. The van der Waals surface area contributed by atoms with Crippen LogP contribution in [0.4, 0.5) is 0 Å². The first-order valence-corrected chi connectivity index (χ1v) is 4.23. The Morgan fingerprint density at radius 1 is 1.70 bits per heavy atom. The van der Waals surface area contributed by atoms with Gasteiger partial charge >= 0.3 is 0 Å². The Labute approximate surface area is 63.4 Å². The van der Waals surface area contributed by atoms with Crippen LogP contribution in [-0.4, -0.2) is 30.1 Å². The van der Waals surface area contributed by atoms with Crippen molar-refractivity contribution < 1.29 is 0 Å². The van der Waals surface area contributed by atoms with Crippen LogP contribution in [0.25, 0.3) is 0 Å². The number of hydrogen-bond donors (Lipinski definition) is 1. The number of nitrogens with two attached hydrogens (primary N) is 1. The lowest BCUT2D eigenvalue weighted by Gasteiger charge is -2.22. The van der Waals surface area contributed by atoms with Gasteiger partial charge in [0.25, 0.3) is 0 Å². The van der Waals surface area contributed by atoms with Crippen molar-refractivity contribution in [2.45, 2.75) is 38.8 Å². The summed E-state index contributed by atoms with van der Waals surface area (Å²) in [7, 11) is 0. The van der Waals surface area contributed by atoms with E-state index in [0.29, 0.717) is 6.04 Å². The largest absolute Gasteiger partial charge is 0.326 e. The minimum absolute atomic E-state index is 0.439. The smallest absolute Gasteiger partial charge is 0.0180 e. The molecule has 2 heteroatoms. The first-order chi connectivity index (χ1) is 4.74. The summed E-state index contributed by atoms with van der Waals surface area (Å²) in [6.45, 7) is 6.82. The third-order valence-corrected chi connectivity index (χ3v) is 2.47. The molecular formula is C8H18N2. The van der Waals surface area contributed by atoms with Crippen molar-refractivity contribution in [1.82, 2.24) is 4.90 Å². The molecule has 2 atom stereocenters. The molecule has 0 unspecified atom stereocenters. The third-order valence-electron chi connectivity index (χ3n) is 2.47. The fourth-order valence-electron chi connectivity index (χ4n) is 1.47. The minimum Gasteiger partial charge on any atom is -0.326 e. The molecular weight excluding hydrogens is 124 g/mol. The van der Waals surface area contributed by atoms with Crippen molar-refractivity contribution in [3.63, 3.8) is 0 Å². The number of nitrogens with zero attached hydrogens (tertiary/aromatic N) is 1. The zero-order chi connectivity index (χ0) is 7.56. The summed E-state index contributed by atoms with van der Waals surface area (Å²) in [6.07, 6.45) is 2.43. The molecule has 0 bridgehead atoms. The molecule has 1 aliphatic heterocycles. The van der Waals surface area contributed by atoms with E-state index in [1.54, 1.807) is 0 Å². The van der Waals surface area contributed by atoms with Gasteiger partial charge in [0.05, 0.1) is 0 Å². The highest BCUT2D eigenvalue weighted by molar-refractivity contribution is 4.80. The van der Waals surface area contributed by atoms with Crippen LogP contribution in [0.15, 0.2) is 0 Å². The van der Waals surface area contributed by atoms with E-state index in [1.165, 1.54) is 19.4 Å². The number of rotatable bonds is 2. The predicted octanol–water partition coefficient (Wildman–Crippen LogP) is 0.818. The highest BCUT2D eigenvalue weighted by atomic mass is 15.2. The Morgan fingerprint density at radius 3 is 2.80 bits per heavy atom. The Morgan fingerprint density at radius 2 is 2.40 bits per heavy atom. The van der Waals surface area contributed by atoms with Gasteiger partial charge in [-0.2, -0.15) is 0 Å². The van der Waals surface area contributed by atoms with Gasteiger partial charge in [0, 0.05) is 18.6 Å². The lowest BCUT2D eigenvalue weighted by Crippen LogP contribution is -2.33. The second-order valence-corrected chi connectivity index (χ2v) is 3.30. The van der Waals surface area contributed by atoms with Gasteiger partial charge in [0.2, 0.25) is 0 Å². The summed E-state index contributed by atoms with van der Waals surface area (Å²) >= 11 is 0. The summed E-state index contributed by atoms with van der Waals surface area (Å²) < 4.78 is 0. The average molecular weight is 142 g/mol. The van der Waals surface area contributed by atoms with Gasteiger partial charge < -0.3 is 5.73 Å². The molecule has 0 aliphatic carbocycles. The molecule has 2 nitrogen and oxygen atoms in total. The summed E-state index contributed by atoms with van der Waals surface area (Å²) in [5.41, 5.74) is 5.78. The fraction of sp³-hybridized carbons (Fsp3) is 1.00. The molecule has 0 amide bonds. The summed E-state index contributed by atoms with van der Waals surface area (Å²) in [5, 5.41) is 0. The van der Waals surface area contributed by atoms with Gasteiger partial charge in [-0.05, 0) is 26.3 Å². The number of hydrogen-bond acceptors (Lipinski definition) is 2. The van der Waals surface area contributed by atoms with Crippen LogP contribution in [0.1, 0.15) is 26.7 Å². The van der Waals surface area contributed by atoms with E-state index in [2.05, 4.69) is 18.7 Å². The van der Waals surface area contributed by atoms with Crippen LogP contribution in [-0.2, 0) is 0 Å². The monoisotopic (exact) mass is 142 g/mol. The van der Waals surface area contributed by atoms with Gasteiger partial charge in [-0.1, -0.05) is 6.92 Å². The van der Waals surface area contributed by atoms with Gasteiger partial charge in [-0.25, -0.2) is 0 Å². The molecule has 1 aliphatic rings. The average Bonchev–Trinajstić information content (AvgIpc) is 2.34. The molecule has 1 rings (SSSR count). The van der Waals surface area contributed by atoms with Crippen LogP contribution in [0.3, 0.4) is 0 Å². The Kier molecular flexibility index (Phi) is 2.69. The Balaban J connectivity index is 2.29. The lowest BCUT2D eigenvalue weighted by molar-refractivity contribution is 0.250. The first-order valence-electron chi connectivity index (χ1n) is 4.23. The van der Waals surface area contributed by atoms with Crippen molar-refractivity contribution in [3.05, 3.63) is 0 Å². The first kappa shape index (κ1) is 8.02. The van der Waals surface area contributed by atoms with Crippen molar-refractivity contribution in [2.24, 2.45) is 5.73 Å². The van der Waals surface area contributed by atoms with E-state index in [9.17, 15) is 0 Å². The van der Waals surface area contributed by atoms with Crippen molar-refractivity contribution in [3.8, 4) is 0 Å². The molecule has 0 aromatic carbocycles. The molecule has 60 valence electrons. The van der Waals surface area contributed by atoms with Gasteiger partial charge in [0.15, 0.2) is 0 Å². The summed E-state index contributed by atoms with van der Waals surface area (Å²) in [4.78, 5) is 2.48. The molecule has 2 N–H and O–H groups in total. The number of likely N-dealkylation sites (tertiary alicyclic amines) is 1. The molecule has 10 heavy (non-hydrogen) atoms. The second kappa shape index (κ2) is 3.35. The van der Waals surface area contributed by atoms with Gasteiger partial charge in [-0.15, -0.1) is 0 Å². The van der Waals surface area contributed by atoms with Gasteiger partial charge in [0.1, 0.15) is 0 Å². The molecule has 0 spiro atoms. The van der Waals surface area contributed by atoms with Gasteiger partial charge in [-0.3, -0.25) is 4.90 Å². The normalized spacial score (nSPS) is 30.9. The van der Waals surface area contributed by atoms with Crippen molar-refractivity contribution in [1.29, 1.82) is 0 Å². The zero-order valence-corrected chi connectivity index (χ0v) is 7.01. The standard InChI is InChI=1S/C8H18N2/c1-3-7(2)10-5-4-8(9)6-10/h7-8H,3-6,9H2,1-2H3/t7-,8-/m0/s1. The van der Waals surface area contributed by atoms with E-state index >= 15 is 0 Å². The van der Waals surface area contributed by atoms with Crippen molar-refractivity contribution >= 4 is 0 Å². The second-order valence-electron chi connectivity index (χ2n) is 3.30. The summed E-state index contributed by atoms with van der Waals surface area (Å²) in [5.74, 6) is 0. The van der Waals surface area contributed by atoms with Crippen LogP contribution in [0, 0.1) is 0 Å². The molecule has 1 heterocycles. The Bertz CT molecular complexity index is 103. The molecule has 0 aromatic rings. The minimum atomic E-state index is 0.439. The van der Waals surface area contributed by atoms with Crippen LogP contribution in [0.2, 0.25) is 0 Å². The highest BCUT2D eigenvalue weighted by Gasteiger charge is 2.21. The molecule has 0 saturated carbocycles. The van der Waals surface area contributed by atoms with Crippen LogP contribution in [0.5, 0.6) is 0 Å². The quantitative estimate of drug-likeness (QED) is 0.618. The van der Waals surface area contributed by atoms with E-state index in [0.717, 1.165) is 12.6 Å². The van der Waals surface area contributed by atoms with E-state index in [1.807, 2.05) is 0 Å². The molecule has 1 saturated heterocycles. The topological polar surface area (TPSA) is 29.3 Å². The molecule has 0 radical (unpaired) electrons. The van der Waals surface area contributed by atoms with Crippen LogP contribution >= 0.6 is 0 Å². The molecule has 1 fully saturated rings. The Hall–Kier alpha value is -0.0800. The third kappa shape index (κ3) is 1.70. The highest BCUT2D eigenvalue weighted by Crippen LogP contribution is 2.12.